The number of benzene rings is 3. The number of nitrogens with one attached hydrogen (secondary N) is 1. The first kappa shape index (κ1) is 20.7. The fourth-order valence-corrected chi connectivity index (χ4v) is 2.92. The van der Waals surface area contributed by atoms with E-state index in [9.17, 15) is 18.0 Å². The molecule has 0 aliphatic heterocycles. The van der Waals surface area contributed by atoms with Crippen LogP contribution in [0.4, 0.5) is 13.2 Å². The first-order valence-corrected chi connectivity index (χ1v) is 9.14. The van der Waals surface area contributed by atoms with Crippen LogP contribution in [0.15, 0.2) is 78.9 Å². The minimum absolute atomic E-state index is 0.0500. The highest BCUT2D eigenvalue weighted by atomic mass is 35.5. The highest BCUT2D eigenvalue weighted by Gasteiger charge is 2.31. The van der Waals surface area contributed by atoms with Gasteiger partial charge < -0.3 is 10.1 Å². The normalized spacial score (nSPS) is 12.3. The van der Waals surface area contributed by atoms with Crippen molar-refractivity contribution < 1.29 is 22.7 Å². The van der Waals surface area contributed by atoms with Gasteiger partial charge in [0.25, 0.3) is 5.91 Å². The number of alkyl halides is 3. The van der Waals surface area contributed by atoms with Crippen LogP contribution in [0.5, 0.6) is 5.75 Å². The third kappa shape index (κ3) is 5.74. The van der Waals surface area contributed by atoms with Crippen molar-refractivity contribution in [3.05, 3.63) is 101 Å². The zero-order valence-corrected chi connectivity index (χ0v) is 15.9. The Balaban J connectivity index is 1.82. The summed E-state index contributed by atoms with van der Waals surface area (Å²) < 4.78 is 44.3. The summed E-state index contributed by atoms with van der Waals surface area (Å²) in [6.45, 7) is 0. The van der Waals surface area contributed by atoms with Crippen LogP contribution in [0.25, 0.3) is 0 Å². The monoisotopic (exact) mass is 419 g/mol. The van der Waals surface area contributed by atoms with Gasteiger partial charge in [-0.05, 0) is 35.9 Å². The maximum Gasteiger partial charge on any atom is 0.416 e. The van der Waals surface area contributed by atoms with Crippen molar-refractivity contribution in [3.63, 3.8) is 0 Å². The Hall–Kier alpha value is -2.99. The molecule has 3 rings (SSSR count). The summed E-state index contributed by atoms with van der Waals surface area (Å²) in [5.74, 6) is -0.316. The number of rotatable bonds is 6. The number of carbonyl (C=O) groups excluding carboxylic acids is 1. The van der Waals surface area contributed by atoms with Crippen molar-refractivity contribution in [1.29, 1.82) is 0 Å². The van der Waals surface area contributed by atoms with Gasteiger partial charge in [-0.2, -0.15) is 13.2 Å². The van der Waals surface area contributed by atoms with Crippen LogP contribution in [0, 0.1) is 0 Å². The highest BCUT2D eigenvalue weighted by Crippen LogP contribution is 2.35. The molecule has 29 heavy (non-hydrogen) atoms. The van der Waals surface area contributed by atoms with E-state index in [0.717, 1.165) is 23.8 Å². The second-order valence-corrected chi connectivity index (χ2v) is 6.69. The van der Waals surface area contributed by atoms with Crippen LogP contribution >= 0.6 is 11.6 Å². The third-order valence-corrected chi connectivity index (χ3v) is 4.42. The summed E-state index contributed by atoms with van der Waals surface area (Å²) in [4.78, 5) is 12.5. The van der Waals surface area contributed by atoms with Crippen LogP contribution in [0.3, 0.4) is 0 Å². The standard InChI is InChI=1S/C22H17ClF3NO2/c23-18-14-17(22(24,25)26)11-12-19(18)29-20(13-15-7-3-1-4-8-15)27-21(28)16-9-5-2-6-10-16/h1-12,14,20H,13H2,(H,27,28). The Kier molecular flexibility index (Phi) is 6.44. The van der Waals surface area contributed by atoms with E-state index in [2.05, 4.69) is 5.32 Å². The van der Waals surface area contributed by atoms with E-state index < -0.39 is 18.0 Å². The van der Waals surface area contributed by atoms with Crippen molar-refractivity contribution in [1.82, 2.24) is 5.32 Å². The number of halogens is 4. The molecule has 1 N–H and O–H groups in total. The minimum atomic E-state index is -4.51. The molecule has 1 amide bonds. The van der Waals surface area contributed by atoms with E-state index in [1.54, 1.807) is 30.3 Å². The zero-order valence-electron chi connectivity index (χ0n) is 15.1. The summed E-state index contributed by atoms with van der Waals surface area (Å²) in [7, 11) is 0. The molecular formula is C22H17ClF3NO2. The van der Waals surface area contributed by atoms with Crippen molar-refractivity contribution in [3.8, 4) is 5.75 Å². The van der Waals surface area contributed by atoms with E-state index >= 15 is 0 Å². The molecule has 0 aromatic heterocycles. The quantitative estimate of drug-likeness (QED) is 0.518. The van der Waals surface area contributed by atoms with Crippen LogP contribution in [0.2, 0.25) is 5.02 Å². The van der Waals surface area contributed by atoms with Gasteiger partial charge in [-0.15, -0.1) is 0 Å². The van der Waals surface area contributed by atoms with Gasteiger partial charge in [0.2, 0.25) is 0 Å². The third-order valence-electron chi connectivity index (χ3n) is 4.12. The molecule has 7 heteroatoms. The molecule has 0 saturated carbocycles. The summed E-state index contributed by atoms with van der Waals surface area (Å²) in [6.07, 6.45) is -5.04. The van der Waals surface area contributed by atoms with E-state index in [4.69, 9.17) is 16.3 Å². The Morgan fingerprint density at radius 1 is 0.966 bits per heavy atom. The number of carbonyl (C=O) groups is 1. The van der Waals surface area contributed by atoms with Crippen molar-refractivity contribution in [2.45, 2.75) is 18.8 Å². The lowest BCUT2D eigenvalue weighted by Crippen LogP contribution is -2.40. The number of hydrogen-bond donors (Lipinski definition) is 1. The summed E-state index contributed by atoms with van der Waals surface area (Å²) >= 11 is 6.00. The molecule has 0 radical (unpaired) electrons. The van der Waals surface area contributed by atoms with Gasteiger partial charge in [-0.3, -0.25) is 4.79 Å². The maximum atomic E-state index is 12.9. The SMILES string of the molecule is O=C(NC(Cc1ccccc1)Oc1ccc(C(F)(F)F)cc1Cl)c1ccccc1. The van der Waals surface area contributed by atoms with Crippen LogP contribution in [-0.2, 0) is 12.6 Å². The number of ether oxygens (including phenoxy) is 1. The Morgan fingerprint density at radius 2 is 1.59 bits per heavy atom. The molecule has 1 atom stereocenters. The zero-order chi connectivity index (χ0) is 20.9. The molecule has 1 unspecified atom stereocenters. The van der Waals surface area contributed by atoms with Gasteiger partial charge in [0.1, 0.15) is 5.75 Å². The molecule has 3 aromatic carbocycles. The maximum absolute atomic E-state index is 12.9. The summed E-state index contributed by atoms with van der Waals surface area (Å²) in [5, 5.41) is 2.57. The second-order valence-electron chi connectivity index (χ2n) is 6.28. The topological polar surface area (TPSA) is 38.3 Å². The lowest BCUT2D eigenvalue weighted by atomic mass is 10.1. The average Bonchev–Trinajstić information content (AvgIpc) is 2.70. The van der Waals surface area contributed by atoms with Crippen LogP contribution in [-0.4, -0.2) is 12.1 Å². The lowest BCUT2D eigenvalue weighted by molar-refractivity contribution is -0.137. The van der Waals surface area contributed by atoms with E-state index in [1.807, 2.05) is 30.3 Å². The molecule has 0 heterocycles. The molecule has 0 aliphatic carbocycles. The van der Waals surface area contributed by atoms with Crippen molar-refractivity contribution in [2.24, 2.45) is 0 Å². The van der Waals surface area contributed by atoms with Gasteiger partial charge in [-0.1, -0.05) is 60.1 Å². The molecule has 0 saturated heterocycles. The predicted molar refractivity (Wildman–Crippen MR) is 105 cm³/mol. The molecular weight excluding hydrogens is 403 g/mol. The molecule has 0 fully saturated rings. The number of amides is 1. The highest BCUT2D eigenvalue weighted by molar-refractivity contribution is 6.32. The first-order valence-electron chi connectivity index (χ1n) is 8.76. The second kappa shape index (κ2) is 9.01. The van der Waals surface area contributed by atoms with E-state index in [-0.39, 0.29) is 16.7 Å². The molecule has 3 aromatic rings. The molecule has 0 aliphatic rings. The lowest BCUT2D eigenvalue weighted by Gasteiger charge is -2.22. The summed E-state index contributed by atoms with van der Waals surface area (Å²) in [5.41, 5.74) is 0.448. The van der Waals surface area contributed by atoms with Crippen molar-refractivity contribution >= 4 is 17.5 Å². The van der Waals surface area contributed by atoms with Crippen molar-refractivity contribution in [2.75, 3.05) is 0 Å². The van der Waals surface area contributed by atoms with Crippen LogP contribution < -0.4 is 10.1 Å². The average molecular weight is 420 g/mol. The smallest absolute Gasteiger partial charge is 0.416 e. The predicted octanol–water partition coefficient (Wildman–Crippen LogP) is 5.74. The molecule has 0 spiro atoms. The number of hydrogen-bond acceptors (Lipinski definition) is 2. The van der Waals surface area contributed by atoms with E-state index in [1.165, 1.54) is 0 Å². The van der Waals surface area contributed by atoms with Gasteiger partial charge in [0.15, 0.2) is 6.23 Å². The molecule has 0 bridgehead atoms. The van der Waals surface area contributed by atoms with E-state index in [0.29, 0.717) is 12.0 Å². The Labute approximate surface area is 171 Å². The van der Waals surface area contributed by atoms with Gasteiger partial charge >= 0.3 is 6.18 Å². The van der Waals surface area contributed by atoms with Gasteiger partial charge in [0, 0.05) is 12.0 Å². The summed E-state index contributed by atoms with van der Waals surface area (Å²) in [6, 6.07) is 20.7. The van der Waals surface area contributed by atoms with Gasteiger partial charge in [0.05, 0.1) is 10.6 Å². The minimum Gasteiger partial charge on any atom is -0.469 e. The van der Waals surface area contributed by atoms with Crippen LogP contribution in [0.1, 0.15) is 21.5 Å². The van der Waals surface area contributed by atoms with Gasteiger partial charge in [-0.25, -0.2) is 0 Å². The fraction of sp³-hybridized carbons (Fsp3) is 0.136. The Morgan fingerprint density at radius 3 is 2.17 bits per heavy atom. The fourth-order valence-electron chi connectivity index (χ4n) is 2.70. The Bertz CT molecular complexity index is 963. The largest absolute Gasteiger partial charge is 0.469 e. The first-order chi connectivity index (χ1) is 13.8. The molecule has 3 nitrogen and oxygen atoms in total. The molecule has 150 valence electrons.